The van der Waals surface area contributed by atoms with Gasteiger partial charge in [-0.2, -0.15) is 0 Å². The van der Waals surface area contributed by atoms with Crippen LogP contribution in [0.2, 0.25) is 0 Å². The molecule has 1 heterocycles. The van der Waals surface area contributed by atoms with Crippen molar-refractivity contribution in [1.29, 1.82) is 0 Å². The van der Waals surface area contributed by atoms with Gasteiger partial charge in [-0.15, -0.1) is 0 Å². The number of aryl methyl sites for hydroxylation is 1. The van der Waals surface area contributed by atoms with Crippen molar-refractivity contribution in [2.75, 3.05) is 51.1 Å². The second-order valence-corrected chi connectivity index (χ2v) is 8.09. The minimum atomic E-state index is -0.0419. The van der Waals surface area contributed by atoms with Gasteiger partial charge in [-0.05, 0) is 50.1 Å². The van der Waals surface area contributed by atoms with Crippen LogP contribution in [0.25, 0.3) is 0 Å². The number of carbonyl (C=O) groups excluding carboxylic acids is 2. The molecule has 0 radical (unpaired) electrons. The van der Waals surface area contributed by atoms with Gasteiger partial charge >= 0.3 is 0 Å². The van der Waals surface area contributed by atoms with Crippen molar-refractivity contribution in [2.24, 2.45) is 0 Å². The van der Waals surface area contributed by atoms with Crippen molar-refractivity contribution in [3.8, 4) is 0 Å². The van der Waals surface area contributed by atoms with Crippen molar-refractivity contribution >= 4 is 17.5 Å². The Morgan fingerprint density at radius 3 is 2.29 bits per heavy atom. The molecule has 0 aromatic heterocycles. The Morgan fingerprint density at radius 1 is 0.935 bits per heavy atom. The molecule has 1 aliphatic heterocycles. The number of nitrogens with one attached hydrogen (secondary N) is 1. The van der Waals surface area contributed by atoms with E-state index in [1.807, 2.05) is 26.0 Å². The van der Waals surface area contributed by atoms with Gasteiger partial charge in [0, 0.05) is 57.1 Å². The number of rotatable bonds is 8. The Hall–Kier alpha value is -2.70. The molecule has 31 heavy (non-hydrogen) atoms. The highest BCUT2D eigenvalue weighted by atomic mass is 16.2. The van der Waals surface area contributed by atoms with Crippen LogP contribution in [0, 0.1) is 6.92 Å². The summed E-state index contributed by atoms with van der Waals surface area (Å²) in [5, 5.41) is 2.95. The standard InChI is InChI=1S/C25H34N4O2/c1-4-29(5-2)25(31)21-11-8-12-23(17-21)26-24(30)19-28-15-13-27(14-16-28)18-22-10-7-6-9-20(22)3/h6-12,17H,4-5,13-16,18-19H2,1-3H3,(H,26,30). The van der Waals surface area contributed by atoms with Crippen LogP contribution in [0.1, 0.15) is 35.3 Å². The fraction of sp³-hybridized carbons (Fsp3) is 0.440. The highest BCUT2D eigenvalue weighted by molar-refractivity contribution is 5.97. The Morgan fingerprint density at radius 2 is 1.61 bits per heavy atom. The molecule has 0 saturated carbocycles. The van der Waals surface area contributed by atoms with E-state index < -0.39 is 0 Å². The van der Waals surface area contributed by atoms with Gasteiger partial charge in [-0.25, -0.2) is 0 Å². The number of carbonyl (C=O) groups is 2. The topological polar surface area (TPSA) is 55.9 Å². The molecule has 0 aliphatic carbocycles. The van der Waals surface area contributed by atoms with Crippen LogP contribution in [0.5, 0.6) is 0 Å². The summed E-state index contributed by atoms with van der Waals surface area (Å²) in [5.74, 6) is -0.0503. The number of amides is 2. The molecule has 1 N–H and O–H groups in total. The Bertz CT molecular complexity index is 887. The summed E-state index contributed by atoms with van der Waals surface area (Å²) in [6.07, 6.45) is 0. The average Bonchev–Trinajstić information content (AvgIpc) is 2.77. The Kier molecular flexibility index (Phi) is 8.20. The van der Waals surface area contributed by atoms with E-state index in [1.54, 1.807) is 17.0 Å². The molecular weight excluding hydrogens is 388 g/mol. The molecule has 1 fully saturated rings. The van der Waals surface area contributed by atoms with Crippen molar-refractivity contribution < 1.29 is 9.59 Å². The van der Waals surface area contributed by atoms with Crippen LogP contribution in [-0.4, -0.2) is 72.3 Å². The first-order valence-electron chi connectivity index (χ1n) is 11.2. The van der Waals surface area contributed by atoms with E-state index in [9.17, 15) is 9.59 Å². The monoisotopic (exact) mass is 422 g/mol. The van der Waals surface area contributed by atoms with Gasteiger partial charge < -0.3 is 10.2 Å². The largest absolute Gasteiger partial charge is 0.339 e. The lowest BCUT2D eigenvalue weighted by Crippen LogP contribution is -2.48. The van der Waals surface area contributed by atoms with Gasteiger partial charge in [0.25, 0.3) is 5.91 Å². The van der Waals surface area contributed by atoms with E-state index in [0.717, 1.165) is 32.7 Å². The van der Waals surface area contributed by atoms with E-state index in [2.05, 4.69) is 46.3 Å². The summed E-state index contributed by atoms with van der Waals surface area (Å²) >= 11 is 0. The smallest absolute Gasteiger partial charge is 0.253 e. The number of benzene rings is 2. The predicted molar refractivity (Wildman–Crippen MR) is 125 cm³/mol. The minimum absolute atomic E-state index is 0.00845. The molecule has 2 aromatic rings. The highest BCUT2D eigenvalue weighted by Gasteiger charge is 2.20. The van der Waals surface area contributed by atoms with Crippen molar-refractivity contribution in [3.63, 3.8) is 0 Å². The summed E-state index contributed by atoms with van der Waals surface area (Å²) in [6, 6.07) is 15.7. The second-order valence-electron chi connectivity index (χ2n) is 8.09. The molecule has 0 atom stereocenters. The molecule has 1 aliphatic rings. The first-order valence-corrected chi connectivity index (χ1v) is 11.2. The van der Waals surface area contributed by atoms with Crippen LogP contribution in [0.15, 0.2) is 48.5 Å². The molecule has 6 heteroatoms. The van der Waals surface area contributed by atoms with Gasteiger partial charge in [0.05, 0.1) is 6.54 Å². The van der Waals surface area contributed by atoms with Gasteiger partial charge in [0.2, 0.25) is 5.91 Å². The summed E-state index contributed by atoms with van der Waals surface area (Å²) in [7, 11) is 0. The maximum atomic E-state index is 12.6. The van der Waals surface area contributed by atoms with Crippen molar-refractivity contribution in [3.05, 3.63) is 65.2 Å². The zero-order valence-electron chi connectivity index (χ0n) is 18.9. The maximum absolute atomic E-state index is 12.6. The zero-order valence-corrected chi connectivity index (χ0v) is 18.9. The summed E-state index contributed by atoms with van der Waals surface area (Å²) in [4.78, 5) is 31.5. The number of hydrogen-bond acceptors (Lipinski definition) is 4. The van der Waals surface area contributed by atoms with Crippen LogP contribution in [-0.2, 0) is 11.3 Å². The third-order valence-corrected chi connectivity index (χ3v) is 5.93. The normalized spacial score (nSPS) is 14.9. The number of hydrogen-bond donors (Lipinski definition) is 1. The number of anilines is 1. The first kappa shape index (κ1) is 23.0. The third-order valence-electron chi connectivity index (χ3n) is 5.93. The molecule has 0 unspecified atom stereocenters. The zero-order chi connectivity index (χ0) is 22.2. The quantitative estimate of drug-likeness (QED) is 0.710. The molecule has 2 aromatic carbocycles. The van der Waals surface area contributed by atoms with Crippen molar-refractivity contribution in [2.45, 2.75) is 27.3 Å². The molecule has 166 valence electrons. The number of piperazine rings is 1. The fourth-order valence-corrected chi connectivity index (χ4v) is 3.96. The fourth-order valence-electron chi connectivity index (χ4n) is 3.96. The van der Waals surface area contributed by atoms with Crippen LogP contribution in [0.3, 0.4) is 0 Å². The molecular formula is C25H34N4O2. The second kappa shape index (κ2) is 11.1. The Balaban J connectivity index is 1.48. The number of nitrogens with zero attached hydrogens (tertiary/aromatic N) is 3. The van der Waals surface area contributed by atoms with E-state index in [-0.39, 0.29) is 11.8 Å². The Labute approximate surface area is 185 Å². The average molecular weight is 423 g/mol. The third kappa shape index (κ3) is 6.39. The van der Waals surface area contributed by atoms with Crippen LogP contribution in [0.4, 0.5) is 5.69 Å². The summed E-state index contributed by atoms with van der Waals surface area (Å²) in [6.45, 7) is 12.4. The maximum Gasteiger partial charge on any atom is 0.253 e. The lowest BCUT2D eigenvalue weighted by Gasteiger charge is -2.34. The molecule has 2 amide bonds. The van der Waals surface area contributed by atoms with Gasteiger partial charge in [-0.3, -0.25) is 19.4 Å². The minimum Gasteiger partial charge on any atom is -0.339 e. The molecule has 0 spiro atoms. The molecule has 3 rings (SSSR count). The predicted octanol–water partition coefficient (Wildman–Crippen LogP) is 3.23. The van der Waals surface area contributed by atoms with Crippen molar-refractivity contribution in [1.82, 2.24) is 14.7 Å². The molecule has 1 saturated heterocycles. The lowest BCUT2D eigenvalue weighted by molar-refractivity contribution is -0.117. The summed E-state index contributed by atoms with van der Waals surface area (Å²) in [5.41, 5.74) is 3.96. The van der Waals surface area contributed by atoms with E-state index in [1.165, 1.54) is 11.1 Å². The highest BCUT2D eigenvalue weighted by Crippen LogP contribution is 2.15. The first-order chi connectivity index (χ1) is 15.0. The van der Waals surface area contributed by atoms with Crippen LogP contribution < -0.4 is 5.32 Å². The van der Waals surface area contributed by atoms with Gasteiger partial charge in [0.15, 0.2) is 0 Å². The summed E-state index contributed by atoms with van der Waals surface area (Å²) < 4.78 is 0. The molecule has 6 nitrogen and oxygen atoms in total. The lowest BCUT2D eigenvalue weighted by atomic mass is 10.1. The van der Waals surface area contributed by atoms with E-state index >= 15 is 0 Å². The van der Waals surface area contributed by atoms with Gasteiger partial charge in [-0.1, -0.05) is 30.3 Å². The molecule has 0 bridgehead atoms. The SMILES string of the molecule is CCN(CC)C(=O)c1cccc(NC(=O)CN2CCN(Cc3ccccc3C)CC2)c1. The van der Waals surface area contributed by atoms with Gasteiger partial charge in [0.1, 0.15) is 0 Å². The van der Waals surface area contributed by atoms with E-state index in [4.69, 9.17) is 0 Å². The van der Waals surface area contributed by atoms with Crippen LogP contribution >= 0.6 is 0 Å². The van der Waals surface area contributed by atoms with E-state index in [0.29, 0.717) is 30.9 Å².